The van der Waals surface area contributed by atoms with Gasteiger partial charge in [0.15, 0.2) is 0 Å². The minimum Gasteiger partial charge on any atom is -0.184 e. The Bertz CT molecular complexity index is 268. The van der Waals surface area contributed by atoms with Crippen molar-refractivity contribution in [2.24, 2.45) is 0 Å². The van der Waals surface area contributed by atoms with Gasteiger partial charge in [0.2, 0.25) is 0 Å². The third-order valence-corrected chi connectivity index (χ3v) is 2.82. The second kappa shape index (κ2) is 8.83. The van der Waals surface area contributed by atoms with Crippen LogP contribution in [0.25, 0.3) is 0 Å². The fraction of sp³-hybridized carbons (Fsp3) is 0.500. The third-order valence-electron chi connectivity index (χ3n) is 2.82. The normalized spacial score (nSPS) is 16.2. The molecule has 0 aliphatic heterocycles. The first kappa shape index (κ1) is 14.9. The van der Waals surface area contributed by atoms with Crippen molar-refractivity contribution in [1.82, 2.24) is 0 Å². The Morgan fingerprint density at radius 1 is 1.00 bits per heavy atom. The molecule has 0 bridgehead atoms. The van der Waals surface area contributed by atoms with E-state index in [0.29, 0.717) is 0 Å². The number of halogens is 3. The first-order chi connectivity index (χ1) is 7.70. The number of hydrogen-bond donors (Lipinski definition) is 0. The molecular formula is C12H15Cl3Ti. The molecule has 2 rings (SSSR count). The van der Waals surface area contributed by atoms with Crippen LogP contribution in [-0.2, 0) is 14.7 Å². The summed E-state index contributed by atoms with van der Waals surface area (Å²) in [5.41, 5.74) is 1.52. The van der Waals surface area contributed by atoms with Crippen molar-refractivity contribution >= 4 is 27.9 Å². The van der Waals surface area contributed by atoms with Gasteiger partial charge in [-0.2, -0.15) is 35.9 Å². The first-order valence-electron chi connectivity index (χ1n) is 5.49. The zero-order chi connectivity index (χ0) is 11.8. The van der Waals surface area contributed by atoms with Crippen molar-refractivity contribution in [3.63, 3.8) is 0 Å². The molecule has 1 aromatic carbocycles. The molecule has 88 valence electrons. The van der Waals surface area contributed by atoms with Crippen LogP contribution in [0.5, 0.6) is 0 Å². The van der Waals surface area contributed by atoms with E-state index < -0.39 is 14.7 Å². The molecular weight excluding hydrogens is 298 g/mol. The molecule has 0 spiro atoms. The maximum absolute atomic E-state index is 4.97. The van der Waals surface area contributed by atoms with E-state index in [4.69, 9.17) is 27.9 Å². The van der Waals surface area contributed by atoms with Gasteiger partial charge < -0.3 is 0 Å². The Morgan fingerprint density at radius 2 is 1.50 bits per heavy atom. The van der Waals surface area contributed by atoms with E-state index in [9.17, 15) is 0 Å². The quantitative estimate of drug-likeness (QED) is 0.467. The molecule has 0 radical (unpaired) electrons. The van der Waals surface area contributed by atoms with Crippen molar-refractivity contribution in [2.45, 2.75) is 38.0 Å². The SMILES string of the molecule is [Cl][Ti+]([Cl])[Cl].[c-]1ccc(C2CCCCC2)cc1. The maximum atomic E-state index is 4.97. The molecule has 0 N–H and O–H groups in total. The fourth-order valence-corrected chi connectivity index (χ4v) is 2.11. The summed E-state index contributed by atoms with van der Waals surface area (Å²) < 4.78 is 0. The largest absolute Gasteiger partial charge is 0.184 e. The van der Waals surface area contributed by atoms with Crippen LogP contribution in [-0.4, -0.2) is 0 Å². The molecule has 4 heteroatoms. The molecule has 1 aliphatic rings. The summed E-state index contributed by atoms with van der Waals surface area (Å²) in [5.74, 6) is 0.841. The molecule has 1 saturated carbocycles. The van der Waals surface area contributed by atoms with Crippen LogP contribution in [0.1, 0.15) is 43.6 Å². The van der Waals surface area contributed by atoms with E-state index in [0.717, 1.165) is 5.92 Å². The summed E-state index contributed by atoms with van der Waals surface area (Å²) in [5, 5.41) is 0. The van der Waals surface area contributed by atoms with Gasteiger partial charge in [-0.3, -0.25) is 0 Å². The summed E-state index contributed by atoms with van der Waals surface area (Å²) in [6.45, 7) is 0. The van der Waals surface area contributed by atoms with Gasteiger partial charge in [0.05, 0.1) is 0 Å². The zero-order valence-electron chi connectivity index (χ0n) is 9.06. The molecule has 0 atom stereocenters. The van der Waals surface area contributed by atoms with Crippen molar-refractivity contribution < 1.29 is 14.7 Å². The van der Waals surface area contributed by atoms with Gasteiger partial charge in [0.25, 0.3) is 0 Å². The molecule has 1 aromatic rings. The third kappa shape index (κ3) is 6.52. The van der Waals surface area contributed by atoms with Gasteiger partial charge in [0.1, 0.15) is 0 Å². The topological polar surface area (TPSA) is 0 Å². The second-order valence-corrected chi connectivity index (χ2v) is 11.6. The molecule has 16 heavy (non-hydrogen) atoms. The predicted molar refractivity (Wildman–Crippen MR) is 68.7 cm³/mol. The summed E-state index contributed by atoms with van der Waals surface area (Å²) >= 11 is -1.92. The molecule has 1 aliphatic carbocycles. The van der Waals surface area contributed by atoms with Crippen LogP contribution in [0.3, 0.4) is 0 Å². The van der Waals surface area contributed by atoms with Gasteiger partial charge in [0, 0.05) is 0 Å². The average molecular weight is 313 g/mol. The summed E-state index contributed by atoms with van der Waals surface area (Å²) in [6, 6.07) is 11.6. The number of rotatable bonds is 1. The van der Waals surface area contributed by atoms with Crippen LogP contribution >= 0.6 is 27.9 Å². The van der Waals surface area contributed by atoms with E-state index in [2.05, 4.69) is 18.2 Å². The first-order valence-corrected chi connectivity index (χ1v) is 11.9. The van der Waals surface area contributed by atoms with Crippen LogP contribution in [0, 0.1) is 6.07 Å². The summed E-state index contributed by atoms with van der Waals surface area (Å²) in [4.78, 5) is 0. The second-order valence-electron chi connectivity index (χ2n) is 3.88. The Morgan fingerprint density at radius 3 is 2.00 bits per heavy atom. The Kier molecular flexibility index (Phi) is 8.20. The van der Waals surface area contributed by atoms with E-state index in [1.165, 1.54) is 37.7 Å². The van der Waals surface area contributed by atoms with Gasteiger partial charge >= 0.3 is 42.6 Å². The monoisotopic (exact) mass is 312 g/mol. The van der Waals surface area contributed by atoms with Crippen LogP contribution in [0.2, 0.25) is 0 Å². The van der Waals surface area contributed by atoms with Crippen molar-refractivity contribution in [2.75, 3.05) is 0 Å². The number of hydrogen-bond acceptors (Lipinski definition) is 0. The van der Waals surface area contributed by atoms with Crippen molar-refractivity contribution in [3.05, 3.63) is 35.9 Å². The van der Waals surface area contributed by atoms with E-state index in [1.807, 2.05) is 12.1 Å². The van der Waals surface area contributed by atoms with E-state index in [1.54, 1.807) is 0 Å². The van der Waals surface area contributed by atoms with Crippen molar-refractivity contribution in [3.8, 4) is 0 Å². The molecule has 0 aromatic heterocycles. The Labute approximate surface area is 116 Å². The smallest absolute Gasteiger partial charge is 0.0386 e. The van der Waals surface area contributed by atoms with Crippen LogP contribution < -0.4 is 0 Å². The van der Waals surface area contributed by atoms with Gasteiger partial charge in [-0.15, -0.1) is 0 Å². The minimum atomic E-state index is -1.92. The minimum absolute atomic E-state index is 0.841. The average Bonchev–Trinajstić information content (AvgIpc) is 2.31. The number of benzene rings is 1. The van der Waals surface area contributed by atoms with Crippen LogP contribution in [0.15, 0.2) is 24.3 Å². The maximum Gasteiger partial charge on any atom is -0.0386 e. The molecule has 0 heterocycles. The molecule has 0 saturated heterocycles. The van der Waals surface area contributed by atoms with Crippen molar-refractivity contribution in [1.29, 1.82) is 0 Å². The predicted octanol–water partition coefficient (Wildman–Crippen LogP) is 5.60. The summed E-state index contributed by atoms with van der Waals surface area (Å²) in [6.07, 6.45) is 7.07. The van der Waals surface area contributed by atoms with Crippen LogP contribution in [0.4, 0.5) is 0 Å². The zero-order valence-corrected chi connectivity index (χ0v) is 12.9. The van der Waals surface area contributed by atoms with Gasteiger partial charge in [-0.05, 0) is 18.8 Å². The molecule has 0 nitrogen and oxygen atoms in total. The van der Waals surface area contributed by atoms with E-state index in [-0.39, 0.29) is 0 Å². The Balaban J connectivity index is 0.000000280. The van der Waals surface area contributed by atoms with Gasteiger partial charge in [-0.1, -0.05) is 19.3 Å². The van der Waals surface area contributed by atoms with E-state index >= 15 is 0 Å². The molecule has 1 fully saturated rings. The molecule has 0 unspecified atom stereocenters. The standard InChI is InChI=1S/C12H15.3ClH.Ti/c1-3-7-11(8-4-1)12-9-5-2-6-10-12;;;;/h5-6,9-11H,1,3-4,7-8H2;3*1H;/q-1;;;;+4/p-3. The molecule has 0 amide bonds. The summed E-state index contributed by atoms with van der Waals surface area (Å²) in [7, 11) is 14.9. The fourth-order valence-electron chi connectivity index (χ4n) is 2.11. The Hall–Kier alpha value is 0.804. The van der Waals surface area contributed by atoms with Gasteiger partial charge in [-0.25, -0.2) is 0 Å².